The quantitative estimate of drug-likeness (QED) is 0.0261. The maximum absolute atomic E-state index is 12.8. The van der Waals surface area contributed by atoms with Crippen LogP contribution >= 0.6 is 0 Å². The highest BCUT2D eigenvalue weighted by molar-refractivity contribution is 5.71. The molecule has 0 aromatic heterocycles. The molecule has 0 fully saturated rings. The normalized spacial score (nSPS) is 13.1. The van der Waals surface area contributed by atoms with Gasteiger partial charge in [-0.05, 0) is 122 Å². The van der Waals surface area contributed by atoms with E-state index in [1.165, 1.54) is 70.6 Å². The van der Waals surface area contributed by atoms with E-state index in [0.29, 0.717) is 19.3 Å². The molecule has 0 spiro atoms. The van der Waals surface area contributed by atoms with Crippen molar-refractivity contribution in [2.45, 2.75) is 271 Å². The van der Waals surface area contributed by atoms with Crippen LogP contribution in [0.1, 0.15) is 265 Å². The minimum absolute atomic E-state index is 0.0893. The molecular formula is C69H112O6. The van der Waals surface area contributed by atoms with Gasteiger partial charge in [0.1, 0.15) is 13.2 Å². The molecule has 6 heteroatoms. The molecule has 1 atom stereocenters. The fourth-order valence-corrected chi connectivity index (χ4v) is 8.05. The third-order valence-electron chi connectivity index (χ3n) is 12.6. The summed E-state index contributed by atoms with van der Waals surface area (Å²) in [6, 6.07) is 0. The third-order valence-corrected chi connectivity index (χ3v) is 12.6. The Labute approximate surface area is 462 Å². The predicted octanol–water partition coefficient (Wildman–Crippen LogP) is 21.0. The molecule has 0 N–H and O–H groups in total. The summed E-state index contributed by atoms with van der Waals surface area (Å²) in [5.74, 6) is -0.927. The van der Waals surface area contributed by atoms with Crippen molar-refractivity contribution >= 4 is 17.9 Å². The third kappa shape index (κ3) is 60.3. The summed E-state index contributed by atoms with van der Waals surface area (Å²) in [5, 5.41) is 0. The molecular weight excluding hydrogens is 925 g/mol. The Morgan fingerprint density at radius 1 is 0.280 bits per heavy atom. The lowest BCUT2D eigenvalue weighted by Crippen LogP contribution is -2.30. The SMILES string of the molecule is CC/C=C\C/C=C\C/C=C\C/C=C\C/C=C\C/C=C\C/C=C\C/C=C\CCCCCCCCCCC(=O)OCC(COC(=O)CCCCCCC)OC(=O)CCCCCCCC/C=C\C/C=C\C/C=C\CCCCC. The van der Waals surface area contributed by atoms with Crippen molar-refractivity contribution in [3.8, 4) is 0 Å². The number of esters is 3. The van der Waals surface area contributed by atoms with Crippen molar-refractivity contribution < 1.29 is 28.6 Å². The van der Waals surface area contributed by atoms with Crippen LogP contribution in [0.5, 0.6) is 0 Å². The molecule has 6 nitrogen and oxygen atoms in total. The van der Waals surface area contributed by atoms with Crippen molar-refractivity contribution in [3.05, 3.63) is 134 Å². The molecule has 0 saturated carbocycles. The molecule has 1 unspecified atom stereocenters. The lowest BCUT2D eigenvalue weighted by atomic mass is 10.1. The topological polar surface area (TPSA) is 78.9 Å². The molecule has 0 rings (SSSR count). The number of carbonyl (C=O) groups excluding carboxylic acids is 3. The molecule has 0 aromatic rings. The highest BCUT2D eigenvalue weighted by atomic mass is 16.6. The second-order valence-corrected chi connectivity index (χ2v) is 19.9. The van der Waals surface area contributed by atoms with Gasteiger partial charge in [-0.15, -0.1) is 0 Å². The smallest absolute Gasteiger partial charge is 0.306 e. The summed E-state index contributed by atoms with van der Waals surface area (Å²) in [6.45, 7) is 6.39. The van der Waals surface area contributed by atoms with E-state index < -0.39 is 6.10 Å². The van der Waals surface area contributed by atoms with E-state index in [0.717, 1.165) is 154 Å². The molecule has 0 bridgehead atoms. The summed E-state index contributed by atoms with van der Waals surface area (Å²) < 4.78 is 16.7. The van der Waals surface area contributed by atoms with Crippen molar-refractivity contribution in [1.82, 2.24) is 0 Å². The highest BCUT2D eigenvalue weighted by Gasteiger charge is 2.19. The summed E-state index contributed by atoms with van der Waals surface area (Å²) in [7, 11) is 0. The first-order chi connectivity index (χ1) is 37.0. The second kappa shape index (κ2) is 62.1. The Bertz CT molecular complexity index is 1620. The Morgan fingerprint density at radius 3 is 0.840 bits per heavy atom. The van der Waals surface area contributed by atoms with Crippen molar-refractivity contribution in [3.63, 3.8) is 0 Å². The lowest BCUT2D eigenvalue weighted by molar-refractivity contribution is -0.167. The molecule has 0 amide bonds. The zero-order chi connectivity index (χ0) is 54.3. The molecule has 0 radical (unpaired) electrons. The van der Waals surface area contributed by atoms with Crippen LogP contribution in [0.25, 0.3) is 0 Å². The van der Waals surface area contributed by atoms with Crippen molar-refractivity contribution in [2.75, 3.05) is 13.2 Å². The largest absolute Gasteiger partial charge is 0.462 e. The van der Waals surface area contributed by atoms with Gasteiger partial charge >= 0.3 is 17.9 Å². The minimum Gasteiger partial charge on any atom is -0.462 e. The number of rotatable bonds is 54. The van der Waals surface area contributed by atoms with Gasteiger partial charge in [0.25, 0.3) is 0 Å². The molecule has 0 aliphatic carbocycles. The molecule has 0 aliphatic heterocycles. The monoisotopic (exact) mass is 1040 g/mol. The number of carbonyl (C=O) groups is 3. The molecule has 424 valence electrons. The van der Waals surface area contributed by atoms with Crippen LogP contribution in [-0.4, -0.2) is 37.2 Å². The Kier molecular flexibility index (Phi) is 58.4. The predicted molar refractivity (Wildman–Crippen MR) is 325 cm³/mol. The zero-order valence-electron chi connectivity index (χ0n) is 48.5. The van der Waals surface area contributed by atoms with Crippen LogP contribution in [0.4, 0.5) is 0 Å². The van der Waals surface area contributed by atoms with E-state index in [9.17, 15) is 14.4 Å². The number of ether oxygens (including phenoxy) is 3. The Hall–Kier alpha value is -4.45. The van der Waals surface area contributed by atoms with Gasteiger partial charge in [-0.1, -0.05) is 257 Å². The standard InChI is InChI=1S/C69H112O6/c1-4-7-10-13-15-17-19-21-23-25-27-28-29-30-31-32-33-34-35-36-37-38-39-40-42-43-45-47-49-51-53-56-59-62-68(71)74-65-66(64-73-67(70)61-58-55-12-9-6-3)75-69(72)63-60-57-54-52-50-48-46-44-41-26-24-22-20-18-16-14-11-8-5-2/h7,10,15-18,21-24,27-28,30-31,33-34,36-37,39-41,44,66H,4-6,8-9,11-14,19-20,25-26,29,32,35,38,42-43,45-65H2,1-3H3/b10-7-,17-15-,18-16-,23-21-,24-22-,28-27-,31-30-,34-33-,37-36-,40-39-,44-41-. The first-order valence-electron chi connectivity index (χ1n) is 30.7. The summed E-state index contributed by atoms with van der Waals surface area (Å²) in [6.07, 6.45) is 87.8. The summed E-state index contributed by atoms with van der Waals surface area (Å²) in [5.41, 5.74) is 0. The molecule has 0 heterocycles. The van der Waals surface area contributed by atoms with E-state index in [1.807, 2.05) is 0 Å². The maximum atomic E-state index is 12.8. The number of hydrogen-bond donors (Lipinski definition) is 0. The number of hydrogen-bond acceptors (Lipinski definition) is 6. The first-order valence-corrected chi connectivity index (χ1v) is 30.7. The van der Waals surface area contributed by atoms with Gasteiger partial charge in [0.2, 0.25) is 0 Å². The van der Waals surface area contributed by atoms with Gasteiger partial charge in [-0.3, -0.25) is 14.4 Å². The zero-order valence-corrected chi connectivity index (χ0v) is 48.5. The highest BCUT2D eigenvalue weighted by Crippen LogP contribution is 2.14. The van der Waals surface area contributed by atoms with E-state index >= 15 is 0 Å². The average molecular weight is 1040 g/mol. The number of unbranched alkanes of at least 4 members (excludes halogenated alkanes) is 21. The van der Waals surface area contributed by atoms with Gasteiger partial charge in [-0.25, -0.2) is 0 Å². The molecule has 0 aromatic carbocycles. The number of allylic oxidation sites excluding steroid dienone is 22. The van der Waals surface area contributed by atoms with E-state index in [4.69, 9.17) is 14.2 Å². The van der Waals surface area contributed by atoms with Gasteiger partial charge < -0.3 is 14.2 Å². The van der Waals surface area contributed by atoms with Crippen LogP contribution in [0.15, 0.2) is 134 Å². The molecule has 0 aliphatic rings. The molecule has 0 saturated heterocycles. The molecule has 75 heavy (non-hydrogen) atoms. The average Bonchev–Trinajstić information content (AvgIpc) is 3.41. The van der Waals surface area contributed by atoms with E-state index in [-0.39, 0.29) is 31.1 Å². The van der Waals surface area contributed by atoms with Gasteiger partial charge in [0.15, 0.2) is 6.10 Å². The van der Waals surface area contributed by atoms with Crippen LogP contribution in [0.2, 0.25) is 0 Å². The fourth-order valence-electron chi connectivity index (χ4n) is 8.05. The van der Waals surface area contributed by atoms with Crippen LogP contribution in [0.3, 0.4) is 0 Å². The van der Waals surface area contributed by atoms with Crippen LogP contribution in [-0.2, 0) is 28.6 Å². The van der Waals surface area contributed by atoms with Crippen molar-refractivity contribution in [2.24, 2.45) is 0 Å². The van der Waals surface area contributed by atoms with Gasteiger partial charge in [0, 0.05) is 19.3 Å². The summed E-state index contributed by atoms with van der Waals surface area (Å²) >= 11 is 0. The minimum atomic E-state index is -0.789. The Morgan fingerprint density at radius 2 is 0.520 bits per heavy atom. The maximum Gasteiger partial charge on any atom is 0.306 e. The Balaban J connectivity index is 4.11. The van der Waals surface area contributed by atoms with Gasteiger partial charge in [-0.2, -0.15) is 0 Å². The van der Waals surface area contributed by atoms with Crippen LogP contribution in [0, 0.1) is 0 Å². The summed E-state index contributed by atoms with van der Waals surface area (Å²) in [4.78, 5) is 37.9. The van der Waals surface area contributed by atoms with Crippen molar-refractivity contribution in [1.29, 1.82) is 0 Å². The lowest BCUT2D eigenvalue weighted by Gasteiger charge is -2.18. The van der Waals surface area contributed by atoms with Gasteiger partial charge in [0.05, 0.1) is 0 Å². The first kappa shape index (κ1) is 70.5. The fraction of sp³-hybridized carbons (Fsp3) is 0.638. The van der Waals surface area contributed by atoms with E-state index in [1.54, 1.807) is 0 Å². The van der Waals surface area contributed by atoms with Crippen LogP contribution < -0.4 is 0 Å². The second-order valence-electron chi connectivity index (χ2n) is 19.9. The van der Waals surface area contributed by atoms with E-state index in [2.05, 4.69) is 154 Å².